The minimum atomic E-state index is 0.692. The Labute approximate surface area is 253 Å². The maximum Gasteiger partial charge on any atom is 0.235 e. The van der Waals surface area contributed by atoms with Gasteiger partial charge in [0.25, 0.3) is 0 Å². The van der Waals surface area contributed by atoms with Gasteiger partial charge in [0, 0.05) is 52.7 Å². The Hall–Kier alpha value is -5.10. The van der Waals surface area contributed by atoms with Gasteiger partial charge >= 0.3 is 0 Å². The summed E-state index contributed by atoms with van der Waals surface area (Å²) in [6, 6.07) is 45.4. The van der Waals surface area contributed by atoms with Crippen molar-refractivity contribution in [3.8, 4) is 17.2 Å². The van der Waals surface area contributed by atoms with Gasteiger partial charge in [0.15, 0.2) is 0 Å². The quantitative estimate of drug-likeness (QED) is 0.190. The highest BCUT2D eigenvalue weighted by Gasteiger charge is 2.22. The summed E-state index contributed by atoms with van der Waals surface area (Å²) in [6.07, 6.45) is 0. The van der Waals surface area contributed by atoms with Crippen LogP contribution in [-0.2, 0) is 0 Å². The van der Waals surface area contributed by atoms with Crippen LogP contribution in [0.4, 0.5) is 0 Å². The topological polar surface area (TPSA) is 30.7 Å². The first-order valence-corrected chi connectivity index (χ1v) is 16.0. The first-order chi connectivity index (χ1) is 21.3. The fourth-order valence-electron chi connectivity index (χ4n) is 6.76. The van der Waals surface area contributed by atoms with Crippen molar-refractivity contribution in [3.63, 3.8) is 0 Å². The van der Waals surface area contributed by atoms with Crippen LogP contribution < -0.4 is 0 Å². The number of fused-ring (bicyclic) bond motifs is 12. The van der Waals surface area contributed by atoms with Crippen LogP contribution in [0.2, 0.25) is 0 Å². The van der Waals surface area contributed by atoms with E-state index >= 15 is 0 Å². The number of hydrogen-bond donors (Lipinski definition) is 0. The molecule has 4 heterocycles. The average molecular weight is 584 g/mol. The van der Waals surface area contributed by atoms with Gasteiger partial charge in [0.1, 0.15) is 0 Å². The van der Waals surface area contributed by atoms with Crippen LogP contribution in [0, 0.1) is 0 Å². The van der Waals surface area contributed by atoms with Gasteiger partial charge in [-0.05, 0) is 29.7 Å². The number of hydrogen-bond acceptors (Lipinski definition) is 4. The molecule has 5 heteroatoms. The molecule has 0 aliphatic rings. The normalized spacial score (nSPS) is 12.2. The molecule has 0 unspecified atom stereocenters. The van der Waals surface area contributed by atoms with E-state index in [1.54, 1.807) is 0 Å². The van der Waals surface area contributed by atoms with Crippen molar-refractivity contribution >= 4 is 95.7 Å². The molecule has 200 valence electrons. The molecule has 0 saturated heterocycles. The Morgan fingerprint density at radius 1 is 0.488 bits per heavy atom. The van der Waals surface area contributed by atoms with Crippen LogP contribution in [0.5, 0.6) is 0 Å². The molecule has 10 aromatic rings. The van der Waals surface area contributed by atoms with Crippen molar-refractivity contribution in [1.82, 2.24) is 14.5 Å². The Balaban J connectivity index is 1.36. The van der Waals surface area contributed by atoms with E-state index in [0.29, 0.717) is 5.95 Å². The zero-order chi connectivity index (χ0) is 28.1. The summed E-state index contributed by atoms with van der Waals surface area (Å²) in [5, 5.41) is 9.90. The SMILES string of the molecule is c1ccc(-c2nc(-n3c4ccccc4c4c5sc6sc7ccccc7c6c5ccc43)nc3c2ccc2ccccc23)cc1. The third kappa shape index (κ3) is 3.23. The average Bonchev–Trinajstić information content (AvgIpc) is 3.72. The fraction of sp³-hybridized carbons (Fsp3) is 0. The summed E-state index contributed by atoms with van der Waals surface area (Å²) in [5.74, 6) is 0.692. The minimum Gasteiger partial charge on any atom is -0.278 e. The molecule has 4 aromatic heterocycles. The highest BCUT2D eigenvalue weighted by Crippen LogP contribution is 2.48. The van der Waals surface area contributed by atoms with E-state index < -0.39 is 0 Å². The number of para-hydroxylation sites is 1. The third-order valence-corrected chi connectivity index (χ3v) is 11.1. The molecule has 0 N–H and O–H groups in total. The van der Waals surface area contributed by atoms with Crippen molar-refractivity contribution in [3.05, 3.63) is 127 Å². The predicted molar refractivity (Wildman–Crippen MR) is 185 cm³/mol. The van der Waals surface area contributed by atoms with E-state index in [0.717, 1.165) is 38.6 Å². The zero-order valence-electron chi connectivity index (χ0n) is 22.8. The zero-order valence-corrected chi connectivity index (χ0v) is 24.4. The van der Waals surface area contributed by atoms with Gasteiger partial charge in [-0.1, -0.05) is 103 Å². The van der Waals surface area contributed by atoms with Gasteiger partial charge in [-0.25, -0.2) is 9.97 Å². The van der Waals surface area contributed by atoms with E-state index in [-0.39, 0.29) is 0 Å². The number of nitrogens with zero attached hydrogens (tertiary/aromatic N) is 3. The molecule has 43 heavy (non-hydrogen) atoms. The summed E-state index contributed by atoms with van der Waals surface area (Å²) >= 11 is 3.80. The van der Waals surface area contributed by atoms with Gasteiger partial charge in [0.05, 0.1) is 26.3 Å². The number of thiophene rings is 2. The van der Waals surface area contributed by atoms with Crippen LogP contribution in [0.15, 0.2) is 127 Å². The predicted octanol–water partition coefficient (Wildman–Crippen LogP) is 11.1. The standard InChI is InChI=1S/C38H21N3S2/c1-2-11-23(12-3-1)34-28-19-18-22-10-4-5-13-24(22)35(28)40-38(39-34)41-29-16-8-6-14-25(29)33-30(41)21-20-27-32-26-15-7-9-17-31(26)42-37(32)43-36(27)33/h1-21H. The van der Waals surface area contributed by atoms with Crippen LogP contribution >= 0.6 is 22.7 Å². The highest BCUT2D eigenvalue weighted by atomic mass is 32.2. The van der Waals surface area contributed by atoms with E-state index in [2.05, 4.69) is 132 Å². The molecule has 0 fully saturated rings. The molecule has 0 saturated carbocycles. The first-order valence-electron chi connectivity index (χ1n) is 14.3. The number of benzene rings is 6. The molecule has 0 atom stereocenters. The molecule has 6 aromatic carbocycles. The van der Waals surface area contributed by atoms with Gasteiger partial charge in [-0.3, -0.25) is 4.57 Å². The van der Waals surface area contributed by atoms with Crippen molar-refractivity contribution in [2.75, 3.05) is 0 Å². The Bertz CT molecular complexity index is 2730. The second kappa shape index (κ2) is 8.71. The van der Waals surface area contributed by atoms with Crippen LogP contribution in [0.1, 0.15) is 0 Å². The number of aromatic nitrogens is 3. The van der Waals surface area contributed by atoms with Crippen molar-refractivity contribution in [1.29, 1.82) is 0 Å². The molecule has 0 radical (unpaired) electrons. The molecule has 3 nitrogen and oxygen atoms in total. The summed E-state index contributed by atoms with van der Waals surface area (Å²) < 4.78 is 6.32. The molecule has 0 aliphatic heterocycles. The van der Waals surface area contributed by atoms with Crippen molar-refractivity contribution < 1.29 is 0 Å². The molecule has 0 bridgehead atoms. The summed E-state index contributed by atoms with van der Waals surface area (Å²) in [5.41, 5.74) is 5.24. The van der Waals surface area contributed by atoms with Gasteiger partial charge in [0.2, 0.25) is 5.95 Å². The smallest absolute Gasteiger partial charge is 0.235 e. The van der Waals surface area contributed by atoms with E-state index in [9.17, 15) is 0 Å². The molecule has 0 spiro atoms. The van der Waals surface area contributed by atoms with Gasteiger partial charge < -0.3 is 0 Å². The Morgan fingerprint density at radius 3 is 2.14 bits per heavy atom. The lowest BCUT2D eigenvalue weighted by Gasteiger charge is -2.13. The fourth-order valence-corrected chi connectivity index (χ4v) is 9.50. The van der Waals surface area contributed by atoms with Gasteiger partial charge in [-0.2, -0.15) is 0 Å². The monoisotopic (exact) mass is 583 g/mol. The molecular weight excluding hydrogens is 563 g/mol. The summed E-state index contributed by atoms with van der Waals surface area (Å²) in [4.78, 5) is 10.7. The first kappa shape index (κ1) is 23.5. The van der Waals surface area contributed by atoms with E-state index in [1.165, 1.54) is 45.7 Å². The maximum absolute atomic E-state index is 5.34. The lowest BCUT2D eigenvalue weighted by molar-refractivity contribution is 1.02. The van der Waals surface area contributed by atoms with Crippen molar-refractivity contribution in [2.45, 2.75) is 0 Å². The summed E-state index contributed by atoms with van der Waals surface area (Å²) in [7, 11) is 0. The lowest BCUT2D eigenvalue weighted by Crippen LogP contribution is -2.03. The maximum atomic E-state index is 5.34. The van der Waals surface area contributed by atoms with Gasteiger partial charge in [-0.15, -0.1) is 22.7 Å². The Morgan fingerprint density at radius 2 is 1.23 bits per heavy atom. The van der Waals surface area contributed by atoms with Crippen LogP contribution in [0.25, 0.3) is 90.3 Å². The van der Waals surface area contributed by atoms with Crippen LogP contribution in [0.3, 0.4) is 0 Å². The van der Waals surface area contributed by atoms with Crippen LogP contribution in [-0.4, -0.2) is 14.5 Å². The Kier molecular flexibility index (Phi) is 4.75. The third-order valence-electron chi connectivity index (χ3n) is 8.64. The van der Waals surface area contributed by atoms with E-state index in [4.69, 9.17) is 9.97 Å². The van der Waals surface area contributed by atoms with E-state index in [1.807, 2.05) is 22.7 Å². The van der Waals surface area contributed by atoms with Crippen molar-refractivity contribution in [2.24, 2.45) is 0 Å². The minimum absolute atomic E-state index is 0.692. The largest absolute Gasteiger partial charge is 0.278 e. The highest BCUT2D eigenvalue weighted by molar-refractivity contribution is 7.45. The lowest BCUT2D eigenvalue weighted by atomic mass is 10.0. The summed E-state index contributed by atoms with van der Waals surface area (Å²) in [6.45, 7) is 0. The molecule has 10 rings (SSSR count). The molecule has 0 amide bonds. The molecular formula is C38H21N3S2. The second-order valence-electron chi connectivity index (χ2n) is 11.0. The molecule has 0 aliphatic carbocycles. The second-order valence-corrected chi connectivity index (χ2v) is 13.3. The number of rotatable bonds is 2.